The van der Waals surface area contributed by atoms with Gasteiger partial charge in [0.1, 0.15) is 5.82 Å². The van der Waals surface area contributed by atoms with Crippen LogP contribution in [0.3, 0.4) is 0 Å². The van der Waals surface area contributed by atoms with Crippen LogP contribution in [-0.4, -0.2) is 23.1 Å². The fourth-order valence-corrected chi connectivity index (χ4v) is 2.37. The van der Waals surface area contributed by atoms with Crippen LogP contribution >= 0.6 is 0 Å². The van der Waals surface area contributed by atoms with Gasteiger partial charge < -0.3 is 10.6 Å². The number of nitrogens with zero attached hydrogens (tertiary/aromatic N) is 3. The Morgan fingerprint density at radius 2 is 1.72 bits per heavy atom. The normalized spacial score (nSPS) is 15.0. The van der Waals surface area contributed by atoms with Crippen molar-refractivity contribution in [3.05, 3.63) is 47.9 Å². The van der Waals surface area contributed by atoms with Gasteiger partial charge in [-0.15, -0.1) is 0 Å². The zero-order chi connectivity index (χ0) is 12.4. The molecule has 92 valence electrons. The van der Waals surface area contributed by atoms with E-state index in [4.69, 9.17) is 5.73 Å². The van der Waals surface area contributed by atoms with Crippen LogP contribution in [0.15, 0.2) is 36.5 Å². The van der Waals surface area contributed by atoms with Gasteiger partial charge >= 0.3 is 0 Å². The predicted octanol–water partition coefficient (Wildman–Crippen LogP) is 1.66. The number of nitrogen functional groups attached to an aromatic ring is 1. The lowest BCUT2D eigenvalue weighted by atomic mass is 10.2. The van der Waals surface area contributed by atoms with E-state index in [-0.39, 0.29) is 0 Å². The minimum absolute atomic E-state index is 0.516. The van der Waals surface area contributed by atoms with Crippen LogP contribution in [0.2, 0.25) is 0 Å². The Morgan fingerprint density at radius 3 is 2.50 bits per heavy atom. The van der Waals surface area contributed by atoms with Gasteiger partial charge in [0.2, 0.25) is 0 Å². The maximum absolute atomic E-state index is 5.69. The topological polar surface area (TPSA) is 55.0 Å². The van der Waals surface area contributed by atoms with E-state index in [2.05, 4.69) is 39.1 Å². The number of aromatic nitrogens is 2. The third-order valence-electron chi connectivity index (χ3n) is 3.31. The van der Waals surface area contributed by atoms with Gasteiger partial charge in [0, 0.05) is 31.6 Å². The van der Waals surface area contributed by atoms with Crippen molar-refractivity contribution in [2.75, 3.05) is 23.7 Å². The molecule has 0 saturated carbocycles. The van der Waals surface area contributed by atoms with E-state index in [1.54, 1.807) is 6.20 Å². The number of anilines is 2. The van der Waals surface area contributed by atoms with Gasteiger partial charge in [-0.25, -0.2) is 4.98 Å². The summed E-state index contributed by atoms with van der Waals surface area (Å²) in [5.74, 6) is 0.516. The molecular formula is C14H16N4. The molecule has 1 aromatic carbocycles. The van der Waals surface area contributed by atoms with Crippen LogP contribution in [0.1, 0.15) is 11.4 Å². The highest BCUT2D eigenvalue weighted by atomic mass is 15.1. The second-order valence-electron chi connectivity index (χ2n) is 4.51. The third kappa shape index (κ3) is 2.14. The van der Waals surface area contributed by atoms with Gasteiger partial charge in [-0.3, -0.25) is 4.98 Å². The molecule has 0 fully saturated rings. The van der Waals surface area contributed by atoms with Gasteiger partial charge in [-0.1, -0.05) is 18.2 Å². The molecule has 1 aromatic heterocycles. The van der Waals surface area contributed by atoms with E-state index in [9.17, 15) is 0 Å². The molecule has 0 saturated heterocycles. The average Bonchev–Trinajstić information content (AvgIpc) is 2.62. The van der Waals surface area contributed by atoms with Crippen molar-refractivity contribution in [2.45, 2.75) is 12.8 Å². The lowest BCUT2D eigenvalue weighted by Crippen LogP contribution is -2.25. The summed E-state index contributed by atoms with van der Waals surface area (Å²) in [7, 11) is 0. The Morgan fingerprint density at radius 1 is 1.00 bits per heavy atom. The van der Waals surface area contributed by atoms with Gasteiger partial charge in [-0.2, -0.15) is 0 Å². The van der Waals surface area contributed by atoms with E-state index in [0.717, 1.165) is 37.3 Å². The lowest BCUT2D eigenvalue weighted by Gasteiger charge is -2.22. The molecule has 18 heavy (non-hydrogen) atoms. The highest BCUT2D eigenvalue weighted by molar-refractivity contribution is 5.47. The van der Waals surface area contributed by atoms with E-state index < -0.39 is 0 Å². The highest BCUT2D eigenvalue weighted by Gasteiger charge is 2.16. The molecule has 2 heterocycles. The van der Waals surface area contributed by atoms with Crippen LogP contribution in [0.5, 0.6) is 0 Å². The zero-order valence-electron chi connectivity index (χ0n) is 10.2. The molecule has 4 heteroatoms. The van der Waals surface area contributed by atoms with Gasteiger partial charge in [-0.05, 0) is 12.1 Å². The molecule has 2 N–H and O–H groups in total. The maximum Gasteiger partial charge on any atom is 0.142 e. The molecule has 0 spiro atoms. The first-order valence-corrected chi connectivity index (χ1v) is 6.23. The summed E-state index contributed by atoms with van der Waals surface area (Å²) in [5.41, 5.74) is 9.09. The molecule has 0 atom stereocenters. The minimum atomic E-state index is 0.516. The number of hydrogen-bond acceptors (Lipinski definition) is 4. The molecule has 1 aliphatic heterocycles. The van der Waals surface area contributed by atoms with Crippen molar-refractivity contribution >= 4 is 11.5 Å². The summed E-state index contributed by atoms with van der Waals surface area (Å²) in [6, 6.07) is 10.5. The average molecular weight is 240 g/mol. The van der Waals surface area contributed by atoms with Gasteiger partial charge in [0.25, 0.3) is 0 Å². The fraction of sp³-hybridized carbons (Fsp3) is 0.286. The molecule has 3 rings (SSSR count). The van der Waals surface area contributed by atoms with Crippen molar-refractivity contribution in [1.29, 1.82) is 0 Å². The van der Waals surface area contributed by atoms with Crippen molar-refractivity contribution in [1.82, 2.24) is 9.97 Å². The first-order chi connectivity index (χ1) is 8.83. The quantitative estimate of drug-likeness (QED) is 0.823. The molecule has 4 nitrogen and oxygen atoms in total. The van der Waals surface area contributed by atoms with Crippen LogP contribution in [0.4, 0.5) is 11.5 Å². The number of rotatable bonds is 1. The summed E-state index contributed by atoms with van der Waals surface area (Å²) in [6.45, 7) is 1.95. The Labute approximate surface area is 106 Å². The first-order valence-electron chi connectivity index (χ1n) is 6.23. The molecule has 1 aliphatic rings. The molecule has 0 radical (unpaired) electrons. The van der Waals surface area contributed by atoms with E-state index in [1.165, 1.54) is 5.69 Å². The van der Waals surface area contributed by atoms with Crippen LogP contribution < -0.4 is 10.6 Å². The molecular weight excluding hydrogens is 224 g/mol. The highest BCUT2D eigenvalue weighted by Crippen LogP contribution is 2.19. The maximum atomic E-state index is 5.69. The summed E-state index contributed by atoms with van der Waals surface area (Å²) < 4.78 is 0. The number of benzene rings is 1. The molecule has 0 amide bonds. The summed E-state index contributed by atoms with van der Waals surface area (Å²) in [4.78, 5) is 11.2. The first kappa shape index (κ1) is 11.0. The smallest absolute Gasteiger partial charge is 0.142 e. The standard InChI is InChI=1S/C14H16N4/c15-14-10-16-12-6-8-18(9-7-13(12)17-14)11-4-2-1-3-5-11/h1-5,10H,6-9H2,(H2,15,17). The van der Waals surface area contributed by atoms with Crippen molar-refractivity contribution in [3.63, 3.8) is 0 Å². The summed E-state index contributed by atoms with van der Waals surface area (Å²) >= 11 is 0. The Kier molecular flexibility index (Phi) is 2.84. The fourth-order valence-electron chi connectivity index (χ4n) is 2.37. The number of para-hydroxylation sites is 1. The van der Waals surface area contributed by atoms with Crippen molar-refractivity contribution in [3.8, 4) is 0 Å². The molecule has 0 aliphatic carbocycles. The number of nitrogens with two attached hydrogens (primary N) is 1. The van der Waals surface area contributed by atoms with Crippen LogP contribution in [0.25, 0.3) is 0 Å². The van der Waals surface area contributed by atoms with Gasteiger partial charge in [0.05, 0.1) is 17.6 Å². The molecule has 2 aromatic rings. The Balaban J connectivity index is 1.83. The second-order valence-corrected chi connectivity index (χ2v) is 4.51. The molecule has 0 bridgehead atoms. The Bertz CT molecular complexity index is 539. The summed E-state index contributed by atoms with van der Waals surface area (Å²) in [6.07, 6.45) is 3.48. The van der Waals surface area contributed by atoms with E-state index in [1.807, 2.05) is 6.07 Å². The lowest BCUT2D eigenvalue weighted by molar-refractivity contribution is 0.800. The number of fused-ring (bicyclic) bond motifs is 1. The predicted molar refractivity (Wildman–Crippen MR) is 72.5 cm³/mol. The summed E-state index contributed by atoms with van der Waals surface area (Å²) in [5, 5.41) is 0. The van der Waals surface area contributed by atoms with Crippen LogP contribution in [0, 0.1) is 0 Å². The monoisotopic (exact) mass is 240 g/mol. The SMILES string of the molecule is Nc1cnc2c(n1)CCN(c1ccccc1)CC2. The second kappa shape index (κ2) is 4.64. The van der Waals surface area contributed by atoms with E-state index >= 15 is 0 Å². The minimum Gasteiger partial charge on any atom is -0.382 e. The number of hydrogen-bond donors (Lipinski definition) is 1. The Hall–Kier alpha value is -2.10. The van der Waals surface area contributed by atoms with Crippen molar-refractivity contribution < 1.29 is 0 Å². The van der Waals surface area contributed by atoms with E-state index in [0.29, 0.717) is 5.82 Å². The van der Waals surface area contributed by atoms with Gasteiger partial charge in [0.15, 0.2) is 0 Å². The third-order valence-corrected chi connectivity index (χ3v) is 3.31. The van der Waals surface area contributed by atoms with Crippen LogP contribution in [-0.2, 0) is 12.8 Å². The zero-order valence-corrected chi connectivity index (χ0v) is 10.2. The van der Waals surface area contributed by atoms with Crippen molar-refractivity contribution in [2.24, 2.45) is 0 Å². The largest absolute Gasteiger partial charge is 0.382 e. The molecule has 0 unspecified atom stereocenters.